The van der Waals surface area contributed by atoms with Crippen molar-refractivity contribution in [1.82, 2.24) is 15.1 Å². The number of aromatic nitrogens is 2. The molecule has 1 atom stereocenters. The topological polar surface area (TPSA) is 58.2 Å². The van der Waals surface area contributed by atoms with Crippen molar-refractivity contribution in [3.05, 3.63) is 30.0 Å². The Morgan fingerprint density at radius 1 is 1.53 bits per heavy atom. The molecule has 0 aliphatic carbocycles. The molecule has 5 heteroatoms. The van der Waals surface area contributed by atoms with Gasteiger partial charge in [-0.15, -0.1) is 0 Å². The molecule has 5 nitrogen and oxygen atoms in total. The maximum absolute atomic E-state index is 12.6. The number of hydrogen-bond donors (Lipinski definition) is 1. The molecule has 3 rings (SSSR count). The molecular weight excluding hydrogens is 242 g/mol. The van der Waals surface area contributed by atoms with E-state index in [2.05, 4.69) is 17.1 Å². The highest BCUT2D eigenvalue weighted by molar-refractivity contribution is 6.04. The molecule has 0 bridgehead atoms. The molecule has 1 fully saturated rings. The molecule has 0 saturated carbocycles. The molecule has 0 radical (unpaired) electrons. The largest absolute Gasteiger partial charge is 0.377 e. The molecule has 1 amide bonds. The smallest absolute Gasteiger partial charge is 0.275 e. The van der Waals surface area contributed by atoms with Crippen LogP contribution in [0.4, 0.5) is 0 Å². The maximum atomic E-state index is 12.6. The quantitative estimate of drug-likeness (QED) is 0.895. The van der Waals surface area contributed by atoms with Crippen molar-refractivity contribution in [3.63, 3.8) is 0 Å². The van der Waals surface area contributed by atoms with Gasteiger partial charge in [0.25, 0.3) is 5.91 Å². The number of hydrogen-bond acceptors (Lipinski definition) is 3. The first-order valence-electron chi connectivity index (χ1n) is 6.63. The number of fused-ring (bicyclic) bond motifs is 1. The minimum atomic E-state index is -0.00685. The van der Waals surface area contributed by atoms with Gasteiger partial charge in [0, 0.05) is 11.9 Å². The van der Waals surface area contributed by atoms with Crippen LogP contribution in [-0.4, -0.2) is 46.8 Å². The Kier molecular flexibility index (Phi) is 3.21. The van der Waals surface area contributed by atoms with Crippen LogP contribution >= 0.6 is 0 Å². The average Bonchev–Trinajstić information content (AvgIpc) is 2.90. The zero-order valence-electron chi connectivity index (χ0n) is 10.9. The summed E-state index contributed by atoms with van der Waals surface area (Å²) in [5.74, 6) is -0.00685. The Labute approximate surface area is 111 Å². The number of carbonyl (C=O) groups is 1. The summed E-state index contributed by atoms with van der Waals surface area (Å²) in [5, 5.41) is 7.98. The molecule has 1 aromatic carbocycles. The van der Waals surface area contributed by atoms with Crippen LogP contribution in [0.2, 0.25) is 0 Å². The Balaban J connectivity index is 1.94. The van der Waals surface area contributed by atoms with Crippen LogP contribution in [0.5, 0.6) is 0 Å². The highest BCUT2D eigenvalue weighted by Crippen LogP contribution is 2.20. The maximum Gasteiger partial charge on any atom is 0.275 e. The Morgan fingerprint density at radius 3 is 3.21 bits per heavy atom. The predicted molar refractivity (Wildman–Crippen MR) is 72.0 cm³/mol. The van der Waals surface area contributed by atoms with Crippen LogP contribution in [0.1, 0.15) is 23.8 Å². The Morgan fingerprint density at radius 2 is 2.37 bits per heavy atom. The second-order valence-electron chi connectivity index (χ2n) is 4.75. The van der Waals surface area contributed by atoms with E-state index in [1.54, 1.807) is 0 Å². The predicted octanol–water partition coefficient (Wildman–Crippen LogP) is 1.81. The van der Waals surface area contributed by atoms with Gasteiger partial charge >= 0.3 is 0 Å². The SMILES string of the molecule is CCC1COCCN1C(=O)c1n[nH]c2ccccc12. The first-order valence-corrected chi connectivity index (χ1v) is 6.63. The first kappa shape index (κ1) is 12.2. The summed E-state index contributed by atoms with van der Waals surface area (Å²) in [4.78, 5) is 14.5. The van der Waals surface area contributed by atoms with E-state index in [9.17, 15) is 4.79 Å². The summed E-state index contributed by atoms with van der Waals surface area (Å²) in [7, 11) is 0. The van der Waals surface area contributed by atoms with Crippen LogP contribution < -0.4 is 0 Å². The van der Waals surface area contributed by atoms with Crippen LogP contribution in [0.3, 0.4) is 0 Å². The van der Waals surface area contributed by atoms with E-state index in [0.717, 1.165) is 17.3 Å². The number of H-pyrrole nitrogens is 1. The summed E-state index contributed by atoms with van der Waals surface area (Å²) in [6.45, 7) is 3.93. The van der Waals surface area contributed by atoms with Crippen molar-refractivity contribution < 1.29 is 9.53 Å². The molecule has 2 heterocycles. The first-order chi connectivity index (χ1) is 9.31. The highest BCUT2D eigenvalue weighted by Gasteiger charge is 2.29. The number of morpholine rings is 1. The van der Waals surface area contributed by atoms with Crippen molar-refractivity contribution in [2.75, 3.05) is 19.8 Å². The zero-order chi connectivity index (χ0) is 13.2. The van der Waals surface area contributed by atoms with Crippen LogP contribution in [0.15, 0.2) is 24.3 Å². The molecule has 19 heavy (non-hydrogen) atoms. The molecule has 1 aliphatic heterocycles. The van der Waals surface area contributed by atoms with Gasteiger partial charge in [0.05, 0.1) is 24.8 Å². The lowest BCUT2D eigenvalue weighted by atomic mass is 10.1. The van der Waals surface area contributed by atoms with E-state index in [1.165, 1.54) is 0 Å². The van der Waals surface area contributed by atoms with E-state index in [-0.39, 0.29) is 11.9 Å². The number of carbonyl (C=O) groups excluding carboxylic acids is 1. The average molecular weight is 259 g/mol. The number of aromatic amines is 1. The third-order valence-electron chi connectivity index (χ3n) is 3.63. The number of amides is 1. The summed E-state index contributed by atoms with van der Waals surface area (Å²) >= 11 is 0. The third-order valence-corrected chi connectivity index (χ3v) is 3.63. The van der Waals surface area contributed by atoms with E-state index in [4.69, 9.17) is 4.74 Å². The number of nitrogens with one attached hydrogen (secondary N) is 1. The monoisotopic (exact) mass is 259 g/mol. The van der Waals surface area contributed by atoms with Gasteiger partial charge in [-0.25, -0.2) is 0 Å². The molecule has 0 spiro atoms. The standard InChI is InChI=1S/C14H17N3O2/c1-2-10-9-19-8-7-17(10)14(18)13-11-5-3-4-6-12(11)15-16-13/h3-6,10H,2,7-9H2,1H3,(H,15,16). The molecule has 1 N–H and O–H groups in total. The summed E-state index contributed by atoms with van der Waals surface area (Å²) in [6.07, 6.45) is 0.897. The van der Waals surface area contributed by atoms with E-state index in [0.29, 0.717) is 25.5 Å². The zero-order valence-corrected chi connectivity index (χ0v) is 10.9. The van der Waals surface area contributed by atoms with E-state index < -0.39 is 0 Å². The Bertz CT molecular complexity index is 593. The van der Waals surface area contributed by atoms with Crippen LogP contribution in [-0.2, 0) is 4.74 Å². The number of ether oxygens (including phenoxy) is 1. The van der Waals surface area contributed by atoms with Crippen molar-refractivity contribution in [1.29, 1.82) is 0 Å². The number of para-hydroxylation sites is 1. The van der Waals surface area contributed by atoms with E-state index in [1.807, 2.05) is 29.2 Å². The van der Waals surface area contributed by atoms with Crippen LogP contribution in [0, 0.1) is 0 Å². The van der Waals surface area contributed by atoms with E-state index >= 15 is 0 Å². The summed E-state index contributed by atoms with van der Waals surface area (Å²) in [5.41, 5.74) is 1.41. The Hall–Kier alpha value is -1.88. The molecular formula is C14H17N3O2. The second kappa shape index (κ2) is 5.01. The van der Waals surface area contributed by atoms with Gasteiger partial charge in [0.15, 0.2) is 5.69 Å². The normalized spacial score (nSPS) is 19.8. The minimum absolute atomic E-state index is 0.00685. The fourth-order valence-electron chi connectivity index (χ4n) is 2.52. The van der Waals surface area contributed by atoms with Gasteiger partial charge < -0.3 is 9.64 Å². The van der Waals surface area contributed by atoms with Gasteiger partial charge in [-0.05, 0) is 12.5 Å². The van der Waals surface area contributed by atoms with Gasteiger partial charge in [-0.2, -0.15) is 5.10 Å². The third kappa shape index (κ3) is 2.10. The lowest BCUT2D eigenvalue weighted by Crippen LogP contribution is -2.48. The lowest BCUT2D eigenvalue weighted by Gasteiger charge is -2.34. The molecule has 100 valence electrons. The minimum Gasteiger partial charge on any atom is -0.377 e. The molecule has 1 unspecified atom stereocenters. The number of benzene rings is 1. The molecule has 1 saturated heterocycles. The number of nitrogens with zero attached hydrogens (tertiary/aromatic N) is 2. The summed E-state index contributed by atoms with van der Waals surface area (Å²) < 4.78 is 5.44. The van der Waals surface area contributed by atoms with Crippen molar-refractivity contribution in [2.24, 2.45) is 0 Å². The lowest BCUT2D eigenvalue weighted by molar-refractivity contribution is -0.00300. The van der Waals surface area contributed by atoms with Gasteiger partial charge in [0.1, 0.15) is 0 Å². The second-order valence-corrected chi connectivity index (χ2v) is 4.75. The van der Waals surface area contributed by atoms with Crippen molar-refractivity contribution in [3.8, 4) is 0 Å². The van der Waals surface area contributed by atoms with Crippen LogP contribution in [0.25, 0.3) is 10.9 Å². The van der Waals surface area contributed by atoms with Gasteiger partial charge in [-0.3, -0.25) is 9.89 Å². The molecule has 1 aromatic heterocycles. The van der Waals surface area contributed by atoms with Crippen molar-refractivity contribution >= 4 is 16.8 Å². The molecule has 1 aliphatic rings. The fraction of sp³-hybridized carbons (Fsp3) is 0.429. The highest BCUT2D eigenvalue weighted by atomic mass is 16.5. The van der Waals surface area contributed by atoms with Gasteiger partial charge in [0.2, 0.25) is 0 Å². The molecule has 2 aromatic rings. The summed E-state index contributed by atoms with van der Waals surface area (Å²) in [6, 6.07) is 7.85. The van der Waals surface area contributed by atoms with Crippen molar-refractivity contribution in [2.45, 2.75) is 19.4 Å². The van der Waals surface area contributed by atoms with Gasteiger partial charge in [-0.1, -0.05) is 25.1 Å². The fourth-order valence-corrected chi connectivity index (χ4v) is 2.52. The number of rotatable bonds is 2.